The number of nitrogens with two attached hydrogens (primary N) is 1. The summed E-state index contributed by atoms with van der Waals surface area (Å²) in [5.41, 5.74) is 2.86. The molecule has 17 heavy (non-hydrogen) atoms. The van der Waals surface area contributed by atoms with Crippen LogP contribution in [-0.2, 0) is 12.8 Å². The monoisotopic (exact) mass is 252 g/mol. The summed E-state index contributed by atoms with van der Waals surface area (Å²) in [4.78, 5) is 12.4. The lowest BCUT2D eigenvalue weighted by Gasteiger charge is -1.99. The molecular weight excluding hydrogens is 240 g/mol. The van der Waals surface area contributed by atoms with Gasteiger partial charge in [0.05, 0.1) is 12.5 Å². The summed E-state index contributed by atoms with van der Waals surface area (Å²) in [6.45, 7) is 0. The first kappa shape index (κ1) is 11.7. The lowest BCUT2D eigenvalue weighted by Crippen LogP contribution is -2.30. The quantitative estimate of drug-likeness (QED) is 0.365. The van der Waals surface area contributed by atoms with Crippen molar-refractivity contribution >= 4 is 17.7 Å². The van der Waals surface area contributed by atoms with Crippen LogP contribution in [0.4, 0.5) is 0 Å². The summed E-state index contributed by atoms with van der Waals surface area (Å²) >= 11 is 1.58. The van der Waals surface area contributed by atoms with Crippen molar-refractivity contribution < 1.29 is 9.21 Å². The first-order valence-corrected chi connectivity index (χ1v) is 5.88. The minimum Gasteiger partial charge on any atom is -0.459 e. The van der Waals surface area contributed by atoms with E-state index < -0.39 is 5.91 Å². The van der Waals surface area contributed by atoms with E-state index in [4.69, 9.17) is 10.3 Å². The van der Waals surface area contributed by atoms with E-state index in [2.05, 4.69) is 10.5 Å². The first-order chi connectivity index (χ1) is 8.20. The van der Waals surface area contributed by atoms with Gasteiger partial charge in [-0.15, -0.1) is 11.8 Å². The van der Waals surface area contributed by atoms with Gasteiger partial charge in [-0.25, -0.2) is 5.84 Å². The molecule has 0 aliphatic heterocycles. The molecule has 0 spiro atoms. The van der Waals surface area contributed by atoms with Crippen LogP contribution in [0.25, 0.3) is 0 Å². The van der Waals surface area contributed by atoms with Crippen molar-refractivity contribution in [1.82, 2.24) is 15.2 Å². The SMILES string of the molecule is Cn1cc(SCc2ccoc2C(=O)NN)cn1. The van der Waals surface area contributed by atoms with E-state index in [0.29, 0.717) is 5.75 Å². The van der Waals surface area contributed by atoms with Crippen molar-refractivity contribution in [2.24, 2.45) is 12.9 Å². The Morgan fingerprint density at radius 1 is 1.71 bits per heavy atom. The minimum absolute atomic E-state index is 0.254. The Morgan fingerprint density at radius 2 is 2.53 bits per heavy atom. The van der Waals surface area contributed by atoms with Crippen molar-refractivity contribution in [2.45, 2.75) is 10.6 Å². The van der Waals surface area contributed by atoms with E-state index in [9.17, 15) is 4.79 Å². The fourth-order valence-corrected chi connectivity index (χ4v) is 2.25. The molecule has 2 aromatic heterocycles. The number of aryl methyl sites for hydroxylation is 1. The summed E-state index contributed by atoms with van der Waals surface area (Å²) in [7, 11) is 1.86. The lowest BCUT2D eigenvalue weighted by molar-refractivity contribution is 0.0925. The fraction of sp³-hybridized carbons (Fsp3) is 0.200. The highest BCUT2D eigenvalue weighted by molar-refractivity contribution is 7.98. The van der Waals surface area contributed by atoms with Gasteiger partial charge < -0.3 is 4.42 Å². The number of hydrazine groups is 1. The summed E-state index contributed by atoms with van der Waals surface area (Å²) in [6, 6.07) is 1.76. The van der Waals surface area contributed by atoms with E-state index in [-0.39, 0.29) is 5.76 Å². The van der Waals surface area contributed by atoms with Gasteiger partial charge in [0.15, 0.2) is 5.76 Å². The highest BCUT2D eigenvalue weighted by atomic mass is 32.2. The Kier molecular flexibility index (Phi) is 3.50. The molecule has 0 aliphatic rings. The predicted octanol–water partition coefficient (Wildman–Crippen LogP) is 0.909. The zero-order chi connectivity index (χ0) is 12.3. The standard InChI is InChI=1S/C10H12N4O2S/c1-14-5-8(4-12-14)17-6-7-2-3-16-9(7)10(15)13-11/h2-5H,6,11H2,1H3,(H,13,15). The van der Waals surface area contributed by atoms with Crippen LogP contribution < -0.4 is 11.3 Å². The molecule has 7 heteroatoms. The molecule has 2 rings (SSSR count). The number of carbonyl (C=O) groups is 1. The third-order valence-corrected chi connectivity index (χ3v) is 3.16. The highest BCUT2D eigenvalue weighted by Gasteiger charge is 2.14. The van der Waals surface area contributed by atoms with E-state index in [0.717, 1.165) is 10.5 Å². The van der Waals surface area contributed by atoms with Gasteiger partial charge in [-0.3, -0.25) is 14.9 Å². The van der Waals surface area contributed by atoms with Gasteiger partial charge in [0.1, 0.15) is 0 Å². The number of carbonyl (C=O) groups excluding carboxylic acids is 1. The molecule has 2 aromatic rings. The Balaban J connectivity index is 2.04. The molecule has 0 aromatic carbocycles. The van der Waals surface area contributed by atoms with Crippen LogP contribution in [0.3, 0.4) is 0 Å². The van der Waals surface area contributed by atoms with E-state index in [1.54, 1.807) is 28.7 Å². The Hall–Kier alpha value is -1.73. The maximum atomic E-state index is 11.4. The molecule has 90 valence electrons. The second-order valence-electron chi connectivity index (χ2n) is 3.39. The topological polar surface area (TPSA) is 86.1 Å². The highest BCUT2D eigenvalue weighted by Crippen LogP contribution is 2.24. The third-order valence-electron chi connectivity index (χ3n) is 2.16. The van der Waals surface area contributed by atoms with Gasteiger partial charge in [0.2, 0.25) is 0 Å². The van der Waals surface area contributed by atoms with Crippen molar-refractivity contribution in [1.29, 1.82) is 0 Å². The zero-order valence-electron chi connectivity index (χ0n) is 9.21. The van der Waals surface area contributed by atoms with Crippen molar-refractivity contribution in [3.8, 4) is 0 Å². The number of hydrogen-bond acceptors (Lipinski definition) is 5. The normalized spacial score (nSPS) is 10.5. The predicted molar refractivity (Wildman–Crippen MR) is 63.1 cm³/mol. The summed E-state index contributed by atoms with van der Waals surface area (Å²) in [5.74, 6) is 5.53. The molecule has 0 saturated heterocycles. The van der Waals surface area contributed by atoms with Crippen LogP contribution >= 0.6 is 11.8 Å². The number of nitrogens with one attached hydrogen (secondary N) is 1. The second-order valence-corrected chi connectivity index (χ2v) is 4.44. The van der Waals surface area contributed by atoms with Gasteiger partial charge in [-0.1, -0.05) is 0 Å². The molecule has 0 unspecified atom stereocenters. The number of rotatable bonds is 4. The average Bonchev–Trinajstić information content (AvgIpc) is 2.94. The molecule has 1 amide bonds. The molecule has 0 fully saturated rings. The molecule has 0 atom stereocenters. The van der Waals surface area contributed by atoms with Gasteiger partial charge in [0.25, 0.3) is 0 Å². The summed E-state index contributed by atoms with van der Waals surface area (Å²) in [5, 5.41) is 4.06. The van der Waals surface area contributed by atoms with E-state index >= 15 is 0 Å². The number of aromatic nitrogens is 2. The molecule has 0 aliphatic carbocycles. The smallest absolute Gasteiger partial charge is 0.301 e. The lowest BCUT2D eigenvalue weighted by atomic mass is 10.3. The van der Waals surface area contributed by atoms with E-state index in [1.165, 1.54) is 6.26 Å². The van der Waals surface area contributed by atoms with Gasteiger partial charge in [-0.05, 0) is 6.07 Å². The molecule has 0 bridgehead atoms. The Bertz CT molecular complexity index is 520. The number of furan rings is 1. The Labute approximate surface area is 102 Å². The number of amides is 1. The van der Waals surface area contributed by atoms with Crippen molar-refractivity contribution in [2.75, 3.05) is 0 Å². The Morgan fingerprint density at radius 3 is 3.18 bits per heavy atom. The van der Waals surface area contributed by atoms with Crippen LogP contribution in [0.1, 0.15) is 16.1 Å². The number of nitrogens with zero attached hydrogens (tertiary/aromatic N) is 2. The number of hydrogen-bond donors (Lipinski definition) is 2. The van der Waals surface area contributed by atoms with Crippen LogP contribution in [0.15, 0.2) is 34.0 Å². The molecule has 0 saturated carbocycles. The van der Waals surface area contributed by atoms with Crippen LogP contribution in [-0.4, -0.2) is 15.7 Å². The maximum absolute atomic E-state index is 11.4. The molecular formula is C10H12N4O2S. The second kappa shape index (κ2) is 5.07. The van der Waals surface area contributed by atoms with Crippen molar-refractivity contribution in [3.05, 3.63) is 36.0 Å². The summed E-state index contributed by atoms with van der Waals surface area (Å²) < 4.78 is 6.81. The van der Waals surface area contributed by atoms with Crippen LogP contribution in [0.5, 0.6) is 0 Å². The van der Waals surface area contributed by atoms with Gasteiger partial charge >= 0.3 is 5.91 Å². The van der Waals surface area contributed by atoms with Gasteiger partial charge in [0, 0.05) is 29.5 Å². The average molecular weight is 252 g/mol. The fourth-order valence-electron chi connectivity index (χ4n) is 1.35. The number of thioether (sulfide) groups is 1. The van der Waals surface area contributed by atoms with Crippen LogP contribution in [0, 0.1) is 0 Å². The van der Waals surface area contributed by atoms with Crippen LogP contribution in [0.2, 0.25) is 0 Å². The summed E-state index contributed by atoms with van der Waals surface area (Å²) in [6.07, 6.45) is 5.16. The third kappa shape index (κ3) is 2.69. The molecule has 2 heterocycles. The largest absolute Gasteiger partial charge is 0.459 e. The zero-order valence-corrected chi connectivity index (χ0v) is 10.0. The maximum Gasteiger partial charge on any atom is 0.301 e. The minimum atomic E-state index is -0.420. The molecule has 3 N–H and O–H groups in total. The first-order valence-electron chi connectivity index (χ1n) is 4.89. The molecule has 6 nitrogen and oxygen atoms in total. The molecule has 0 radical (unpaired) electrons. The van der Waals surface area contributed by atoms with E-state index in [1.807, 2.05) is 13.2 Å². The number of nitrogen functional groups attached to an aromatic ring is 1. The van der Waals surface area contributed by atoms with Gasteiger partial charge in [-0.2, -0.15) is 5.10 Å². The van der Waals surface area contributed by atoms with Crippen molar-refractivity contribution in [3.63, 3.8) is 0 Å².